The molecular weight excluding hydrogens is 451 g/mol. The number of hydrogen-bond donors (Lipinski definition) is 2. The van der Waals surface area contributed by atoms with Crippen LogP contribution in [0.3, 0.4) is 0 Å². The first-order valence-corrected chi connectivity index (χ1v) is 9.35. The highest BCUT2D eigenvalue weighted by molar-refractivity contribution is 14.0. The lowest BCUT2D eigenvalue weighted by atomic mass is 10.1. The Morgan fingerprint density at radius 2 is 1.83 bits per heavy atom. The van der Waals surface area contributed by atoms with E-state index in [0.717, 1.165) is 6.07 Å². The van der Waals surface area contributed by atoms with Crippen LogP contribution in [0.4, 0.5) is 8.78 Å². The third-order valence-corrected chi connectivity index (χ3v) is 4.13. The minimum absolute atomic E-state index is 0. The normalized spacial score (nSPS) is 13.1. The van der Waals surface area contributed by atoms with E-state index in [4.69, 9.17) is 0 Å². The molecule has 0 aliphatic rings. The molecule has 0 saturated heterocycles. The molecule has 0 amide bonds. The van der Waals surface area contributed by atoms with Crippen molar-refractivity contribution in [2.75, 3.05) is 25.6 Å². The number of guanidine groups is 1. The first-order chi connectivity index (χ1) is 10.7. The van der Waals surface area contributed by atoms with Gasteiger partial charge in [-0.15, -0.1) is 24.0 Å². The molecule has 0 saturated carbocycles. The van der Waals surface area contributed by atoms with E-state index in [1.165, 1.54) is 18.4 Å². The van der Waals surface area contributed by atoms with Gasteiger partial charge in [-0.25, -0.2) is 17.2 Å². The molecule has 1 aromatic rings. The number of hydrogen-bond acceptors (Lipinski definition) is 3. The number of nitrogens with zero attached hydrogens (tertiary/aromatic N) is 1. The third-order valence-electron chi connectivity index (χ3n) is 3.16. The van der Waals surface area contributed by atoms with Crippen LogP contribution in [-0.4, -0.2) is 46.0 Å². The lowest BCUT2D eigenvalue weighted by Crippen LogP contribution is -2.43. The van der Waals surface area contributed by atoms with E-state index < -0.39 is 21.5 Å². The van der Waals surface area contributed by atoms with Crippen LogP contribution in [0.15, 0.2) is 23.2 Å². The Hall–Kier alpha value is -0.970. The molecule has 0 bridgehead atoms. The number of rotatable bonds is 7. The van der Waals surface area contributed by atoms with Gasteiger partial charge in [0.25, 0.3) is 0 Å². The monoisotopic (exact) mass is 475 g/mol. The molecule has 0 aromatic heterocycles. The predicted octanol–water partition coefficient (Wildman–Crippen LogP) is 2.11. The lowest BCUT2D eigenvalue weighted by molar-refractivity contribution is 0.576. The predicted molar refractivity (Wildman–Crippen MR) is 104 cm³/mol. The quantitative estimate of drug-likeness (QED) is 0.360. The highest BCUT2D eigenvalue weighted by atomic mass is 127. The average molecular weight is 475 g/mol. The minimum atomic E-state index is -2.99. The maximum atomic E-state index is 13.1. The second kappa shape index (κ2) is 10.8. The summed E-state index contributed by atoms with van der Waals surface area (Å²) in [6.07, 6.45) is 2.10. The van der Waals surface area contributed by atoms with Gasteiger partial charge >= 0.3 is 0 Å². The summed E-state index contributed by atoms with van der Waals surface area (Å²) in [6.45, 7) is 2.31. The molecule has 0 aliphatic heterocycles. The molecule has 0 aliphatic carbocycles. The molecule has 24 heavy (non-hydrogen) atoms. The molecule has 0 heterocycles. The molecule has 5 nitrogen and oxygen atoms in total. The van der Waals surface area contributed by atoms with Crippen molar-refractivity contribution < 1.29 is 17.2 Å². The summed E-state index contributed by atoms with van der Waals surface area (Å²) in [7, 11) is -1.40. The first kappa shape index (κ1) is 23.0. The van der Waals surface area contributed by atoms with Crippen molar-refractivity contribution in [2.45, 2.75) is 25.8 Å². The van der Waals surface area contributed by atoms with Gasteiger partial charge in [-0.2, -0.15) is 0 Å². The number of halogens is 3. The molecule has 0 radical (unpaired) electrons. The molecule has 1 unspecified atom stereocenters. The minimum Gasteiger partial charge on any atom is -0.356 e. The largest absolute Gasteiger partial charge is 0.356 e. The standard InChI is InChI=1S/C15H23F2N3O2S.HI/c1-11(5-7-23(3,21)22)20-15(18-2)19-6-4-12-8-13(16)10-14(17)9-12;/h8-11H,4-7H2,1-3H3,(H2,18,19,20);1H. The summed E-state index contributed by atoms with van der Waals surface area (Å²) in [5.41, 5.74) is 0.551. The first-order valence-electron chi connectivity index (χ1n) is 7.29. The van der Waals surface area contributed by atoms with E-state index in [1.54, 1.807) is 7.05 Å². The van der Waals surface area contributed by atoms with Crippen molar-refractivity contribution in [2.24, 2.45) is 4.99 Å². The fourth-order valence-corrected chi connectivity index (χ4v) is 2.75. The Balaban J connectivity index is 0.00000529. The van der Waals surface area contributed by atoms with E-state index in [1.807, 2.05) is 6.92 Å². The van der Waals surface area contributed by atoms with Crippen LogP contribution in [0.2, 0.25) is 0 Å². The van der Waals surface area contributed by atoms with Gasteiger partial charge in [-0.05, 0) is 37.5 Å². The SMILES string of the molecule is CN=C(NCCc1cc(F)cc(F)c1)NC(C)CCS(C)(=O)=O.I. The molecule has 138 valence electrons. The summed E-state index contributed by atoms with van der Waals surface area (Å²) in [5, 5.41) is 6.10. The number of nitrogens with one attached hydrogen (secondary N) is 2. The van der Waals surface area contributed by atoms with Crippen LogP contribution in [0, 0.1) is 11.6 Å². The summed E-state index contributed by atoms with van der Waals surface area (Å²) in [6, 6.07) is 3.34. The van der Waals surface area contributed by atoms with Gasteiger partial charge in [0, 0.05) is 32.0 Å². The zero-order valence-electron chi connectivity index (χ0n) is 14.0. The zero-order valence-corrected chi connectivity index (χ0v) is 17.1. The van der Waals surface area contributed by atoms with Gasteiger partial charge in [-0.3, -0.25) is 4.99 Å². The highest BCUT2D eigenvalue weighted by Gasteiger charge is 2.09. The van der Waals surface area contributed by atoms with Crippen molar-refractivity contribution in [3.63, 3.8) is 0 Å². The number of benzene rings is 1. The molecule has 1 aromatic carbocycles. The van der Waals surface area contributed by atoms with Gasteiger partial charge in [0.05, 0.1) is 5.75 Å². The maximum absolute atomic E-state index is 13.1. The van der Waals surface area contributed by atoms with Crippen molar-refractivity contribution in [3.05, 3.63) is 35.4 Å². The molecular formula is C15H24F2IN3O2S. The summed E-state index contributed by atoms with van der Waals surface area (Å²) < 4.78 is 48.5. The molecule has 0 spiro atoms. The van der Waals surface area contributed by atoms with E-state index in [2.05, 4.69) is 15.6 Å². The zero-order chi connectivity index (χ0) is 17.5. The number of aliphatic imine (C=N–C) groups is 1. The second-order valence-corrected chi connectivity index (χ2v) is 7.75. The van der Waals surface area contributed by atoms with Crippen LogP contribution in [0.1, 0.15) is 18.9 Å². The fourth-order valence-electron chi connectivity index (χ4n) is 1.97. The number of sulfone groups is 1. The van der Waals surface area contributed by atoms with Crippen molar-refractivity contribution in [1.29, 1.82) is 0 Å². The Kier molecular flexibility index (Phi) is 10.4. The second-order valence-electron chi connectivity index (χ2n) is 5.49. The topological polar surface area (TPSA) is 70.6 Å². The summed E-state index contributed by atoms with van der Waals surface area (Å²) in [4.78, 5) is 4.04. The third kappa shape index (κ3) is 10.0. The summed E-state index contributed by atoms with van der Waals surface area (Å²) in [5.74, 6) is -0.586. The van der Waals surface area contributed by atoms with Gasteiger partial charge < -0.3 is 10.6 Å². The highest BCUT2D eigenvalue weighted by Crippen LogP contribution is 2.08. The van der Waals surface area contributed by atoms with Crippen LogP contribution < -0.4 is 10.6 Å². The van der Waals surface area contributed by atoms with E-state index in [0.29, 0.717) is 30.9 Å². The van der Waals surface area contributed by atoms with Crippen molar-refractivity contribution >= 4 is 39.8 Å². The molecule has 1 rings (SSSR count). The van der Waals surface area contributed by atoms with E-state index >= 15 is 0 Å². The van der Waals surface area contributed by atoms with Crippen molar-refractivity contribution in [3.8, 4) is 0 Å². The van der Waals surface area contributed by atoms with Crippen LogP contribution >= 0.6 is 24.0 Å². The van der Waals surface area contributed by atoms with Crippen LogP contribution in [-0.2, 0) is 16.3 Å². The lowest BCUT2D eigenvalue weighted by Gasteiger charge is -2.17. The Labute approximate surface area is 159 Å². The summed E-state index contributed by atoms with van der Waals surface area (Å²) >= 11 is 0. The van der Waals surface area contributed by atoms with Crippen LogP contribution in [0.25, 0.3) is 0 Å². The molecule has 9 heteroatoms. The molecule has 1 atom stereocenters. The average Bonchev–Trinajstić information content (AvgIpc) is 2.42. The van der Waals surface area contributed by atoms with E-state index in [9.17, 15) is 17.2 Å². The Morgan fingerprint density at radius 1 is 1.25 bits per heavy atom. The van der Waals surface area contributed by atoms with Gasteiger partial charge in [-0.1, -0.05) is 0 Å². The fraction of sp³-hybridized carbons (Fsp3) is 0.533. The Morgan fingerprint density at radius 3 is 2.33 bits per heavy atom. The van der Waals surface area contributed by atoms with E-state index in [-0.39, 0.29) is 35.8 Å². The van der Waals surface area contributed by atoms with Gasteiger partial charge in [0.1, 0.15) is 21.5 Å². The van der Waals surface area contributed by atoms with Crippen molar-refractivity contribution in [1.82, 2.24) is 10.6 Å². The Bertz CT molecular complexity index is 634. The maximum Gasteiger partial charge on any atom is 0.191 e. The van der Waals surface area contributed by atoms with Gasteiger partial charge in [0.15, 0.2) is 5.96 Å². The molecule has 2 N–H and O–H groups in total. The smallest absolute Gasteiger partial charge is 0.191 e. The van der Waals surface area contributed by atoms with Crippen LogP contribution in [0.5, 0.6) is 0 Å². The molecule has 0 fully saturated rings. The van der Waals surface area contributed by atoms with Gasteiger partial charge in [0.2, 0.25) is 0 Å².